The van der Waals surface area contributed by atoms with E-state index in [1.807, 2.05) is 25.1 Å². The van der Waals surface area contributed by atoms with E-state index in [1.165, 1.54) is 11.1 Å². The summed E-state index contributed by atoms with van der Waals surface area (Å²) in [5, 5.41) is 13.1. The lowest BCUT2D eigenvalue weighted by Gasteiger charge is -2.14. The molecule has 0 aliphatic carbocycles. The van der Waals surface area contributed by atoms with Crippen LogP contribution >= 0.6 is 0 Å². The summed E-state index contributed by atoms with van der Waals surface area (Å²) in [6, 6.07) is 14.3. The molecule has 20 heavy (non-hydrogen) atoms. The third-order valence-electron chi connectivity index (χ3n) is 3.71. The van der Waals surface area contributed by atoms with Gasteiger partial charge in [0.15, 0.2) is 0 Å². The van der Waals surface area contributed by atoms with Gasteiger partial charge in [-0.15, -0.1) is 0 Å². The number of hydrogen-bond donors (Lipinski definition) is 1. The molecular formula is C17H17N3. The van der Waals surface area contributed by atoms with Gasteiger partial charge in [-0.2, -0.15) is 10.2 Å². The minimum Gasteiger partial charge on any atom is -0.353 e. The molecule has 0 saturated heterocycles. The van der Waals surface area contributed by atoms with Gasteiger partial charge in [0.2, 0.25) is 0 Å². The molecule has 3 rings (SSSR count). The van der Waals surface area contributed by atoms with E-state index in [0.717, 1.165) is 28.0 Å². The van der Waals surface area contributed by atoms with Gasteiger partial charge in [0.1, 0.15) is 0 Å². The number of hydrogen-bond acceptors (Lipinski definition) is 3. The van der Waals surface area contributed by atoms with Gasteiger partial charge in [-0.05, 0) is 44.0 Å². The van der Waals surface area contributed by atoms with Gasteiger partial charge < -0.3 is 5.32 Å². The molecule has 3 heteroatoms. The molecule has 0 amide bonds. The van der Waals surface area contributed by atoms with E-state index in [0.29, 0.717) is 0 Å². The van der Waals surface area contributed by atoms with Gasteiger partial charge in [0, 0.05) is 11.1 Å². The Morgan fingerprint density at radius 2 is 1.65 bits per heavy atom. The monoisotopic (exact) mass is 263 g/mol. The molecule has 1 heterocycles. The van der Waals surface area contributed by atoms with E-state index < -0.39 is 0 Å². The molecule has 0 saturated carbocycles. The van der Waals surface area contributed by atoms with Crippen LogP contribution in [0.3, 0.4) is 0 Å². The normalized spacial score (nSPS) is 10.8. The van der Waals surface area contributed by atoms with Crippen molar-refractivity contribution in [3.05, 3.63) is 59.3 Å². The molecule has 0 radical (unpaired) electrons. The predicted octanol–water partition coefficient (Wildman–Crippen LogP) is 4.30. The number of nitrogens with one attached hydrogen (secondary N) is 1. The molecule has 100 valence electrons. The molecule has 0 spiro atoms. The van der Waals surface area contributed by atoms with Crippen molar-refractivity contribution in [2.75, 3.05) is 5.32 Å². The lowest BCUT2D eigenvalue weighted by Crippen LogP contribution is -2.00. The predicted molar refractivity (Wildman–Crippen MR) is 83.5 cm³/mol. The number of aromatic nitrogens is 2. The molecular weight excluding hydrogens is 246 g/mol. The van der Waals surface area contributed by atoms with Crippen molar-refractivity contribution < 1.29 is 0 Å². The van der Waals surface area contributed by atoms with Crippen LogP contribution in [-0.2, 0) is 0 Å². The zero-order valence-corrected chi connectivity index (χ0v) is 11.9. The highest BCUT2D eigenvalue weighted by Gasteiger charge is 2.09. The van der Waals surface area contributed by atoms with Crippen molar-refractivity contribution in [1.82, 2.24) is 10.2 Å². The van der Waals surface area contributed by atoms with Crippen molar-refractivity contribution >= 4 is 22.3 Å². The fourth-order valence-electron chi connectivity index (χ4n) is 2.32. The molecule has 1 N–H and O–H groups in total. The second kappa shape index (κ2) is 4.93. The van der Waals surface area contributed by atoms with Gasteiger partial charge >= 0.3 is 0 Å². The molecule has 0 fully saturated rings. The number of aryl methyl sites for hydroxylation is 2. The summed E-state index contributed by atoms with van der Waals surface area (Å²) >= 11 is 0. The van der Waals surface area contributed by atoms with Crippen molar-refractivity contribution in [2.45, 2.75) is 20.8 Å². The fourth-order valence-corrected chi connectivity index (χ4v) is 2.32. The number of benzene rings is 2. The summed E-state index contributed by atoms with van der Waals surface area (Å²) in [5.74, 6) is 0. The Balaban J connectivity index is 2.15. The number of fused-ring (bicyclic) bond motifs is 1. The van der Waals surface area contributed by atoms with Crippen LogP contribution in [0.25, 0.3) is 10.9 Å². The summed E-state index contributed by atoms with van der Waals surface area (Å²) in [6.45, 7) is 6.23. The van der Waals surface area contributed by atoms with Gasteiger partial charge in [-0.3, -0.25) is 0 Å². The largest absolute Gasteiger partial charge is 0.353 e. The fraction of sp³-hybridized carbons (Fsp3) is 0.176. The summed E-state index contributed by atoms with van der Waals surface area (Å²) < 4.78 is 0. The van der Waals surface area contributed by atoms with E-state index in [-0.39, 0.29) is 0 Å². The highest BCUT2D eigenvalue weighted by atomic mass is 15.1. The quantitative estimate of drug-likeness (QED) is 0.749. The van der Waals surface area contributed by atoms with Gasteiger partial charge in [-0.25, -0.2) is 0 Å². The maximum Gasteiger partial charge on any atom is 0.0950 e. The van der Waals surface area contributed by atoms with Crippen LogP contribution in [0, 0.1) is 20.8 Å². The first-order valence-electron chi connectivity index (χ1n) is 6.72. The maximum atomic E-state index is 4.24. The van der Waals surface area contributed by atoms with Crippen LogP contribution < -0.4 is 5.32 Å². The minimum atomic E-state index is 0.907. The van der Waals surface area contributed by atoms with Crippen molar-refractivity contribution in [2.24, 2.45) is 0 Å². The van der Waals surface area contributed by atoms with Crippen LogP contribution in [0.1, 0.15) is 16.8 Å². The number of nitrogens with zero attached hydrogens (tertiary/aromatic N) is 2. The molecule has 0 unspecified atom stereocenters. The summed E-state index contributed by atoms with van der Waals surface area (Å²) in [4.78, 5) is 0. The standard InChI is InChI=1S/C17H17N3/c1-11-7-6-10-15(12(11)2)18-17-13(3)19-20-16-9-5-4-8-14(16)17/h4-10H,1-3H3,(H,18,20). The van der Waals surface area contributed by atoms with E-state index in [1.54, 1.807) is 0 Å². The Morgan fingerprint density at radius 3 is 2.50 bits per heavy atom. The van der Waals surface area contributed by atoms with Crippen LogP contribution in [0.4, 0.5) is 11.4 Å². The molecule has 3 nitrogen and oxygen atoms in total. The highest BCUT2D eigenvalue weighted by Crippen LogP contribution is 2.29. The van der Waals surface area contributed by atoms with Crippen LogP contribution in [-0.4, -0.2) is 10.2 Å². The molecule has 0 aliphatic heterocycles. The smallest absolute Gasteiger partial charge is 0.0950 e. The molecule has 3 aromatic rings. The van der Waals surface area contributed by atoms with E-state index >= 15 is 0 Å². The lowest BCUT2D eigenvalue weighted by molar-refractivity contribution is 1.02. The van der Waals surface area contributed by atoms with Crippen LogP contribution in [0.2, 0.25) is 0 Å². The lowest BCUT2D eigenvalue weighted by atomic mass is 10.1. The Kier molecular flexibility index (Phi) is 3.11. The van der Waals surface area contributed by atoms with Gasteiger partial charge in [-0.1, -0.05) is 30.3 Å². The summed E-state index contributed by atoms with van der Waals surface area (Å²) in [7, 11) is 0. The first-order valence-corrected chi connectivity index (χ1v) is 6.72. The van der Waals surface area contributed by atoms with Gasteiger partial charge in [0.25, 0.3) is 0 Å². The third kappa shape index (κ3) is 2.11. The molecule has 0 bridgehead atoms. The minimum absolute atomic E-state index is 0.907. The summed E-state index contributed by atoms with van der Waals surface area (Å²) in [6.07, 6.45) is 0. The summed E-state index contributed by atoms with van der Waals surface area (Å²) in [5.41, 5.74) is 6.50. The second-order valence-electron chi connectivity index (χ2n) is 5.05. The molecule has 1 aromatic heterocycles. The topological polar surface area (TPSA) is 37.8 Å². The first-order chi connectivity index (χ1) is 9.66. The first kappa shape index (κ1) is 12.6. The van der Waals surface area contributed by atoms with Crippen molar-refractivity contribution in [3.63, 3.8) is 0 Å². The van der Waals surface area contributed by atoms with Gasteiger partial charge in [0.05, 0.1) is 16.9 Å². The Hall–Kier alpha value is -2.42. The van der Waals surface area contributed by atoms with Crippen molar-refractivity contribution in [1.29, 1.82) is 0 Å². The average Bonchev–Trinajstić information content (AvgIpc) is 2.46. The van der Waals surface area contributed by atoms with E-state index in [4.69, 9.17) is 0 Å². The molecule has 2 aromatic carbocycles. The molecule has 0 atom stereocenters. The highest BCUT2D eigenvalue weighted by molar-refractivity contribution is 5.93. The van der Waals surface area contributed by atoms with Crippen LogP contribution in [0.5, 0.6) is 0 Å². The SMILES string of the molecule is Cc1cccc(Nc2c(C)nnc3ccccc23)c1C. The zero-order valence-electron chi connectivity index (χ0n) is 11.9. The van der Waals surface area contributed by atoms with E-state index in [2.05, 4.69) is 53.6 Å². The van der Waals surface area contributed by atoms with E-state index in [9.17, 15) is 0 Å². The van der Waals surface area contributed by atoms with Crippen LogP contribution in [0.15, 0.2) is 42.5 Å². The number of rotatable bonds is 2. The Bertz CT molecular complexity index is 778. The average molecular weight is 263 g/mol. The Labute approximate surface area is 118 Å². The Morgan fingerprint density at radius 1 is 0.850 bits per heavy atom. The number of anilines is 2. The third-order valence-corrected chi connectivity index (χ3v) is 3.71. The second-order valence-corrected chi connectivity index (χ2v) is 5.05. The zero-order chi connectivity index (χ0) is 14.1. The maximum absolute atomic E-state index is 4.24. The van der Waals surface area contributed by atoms with Crippen molar-refractivity contribution in [3.8, 4) is 0 Å². The molecule has 0 aliphatic rings.